The highest BCUT2D eigenvalue weighted by Crippen LogP contribution is 2.40. The van der Waals surface area contributed by atoms with E-state index in [0.29, 0.717) is 17.7 Å². The van der Waals surface area contributed by atoms with E-state index in [9.17, 15) is 9.90 Å². The van der Waals surface area contributed by atoms with Crippen LogP contribution in [0.1, 0.15) is 27.5 Å². The summed E-state index contributed by atoms with van der Waals surface area (Å²) < 4.78 is 0. The molecule has 0 radical (unpaired) electrons. The second-order valence-electron chi connectivity index (χ2n) is 6.76. The van der Waals surface area contributed by atoms with Crippen LogP contribution in [-0.2, 0) is 6.54 Å². The minimum atomic E-state index is -0.403. The fourth-order valence-electron chi connectivity index (χ4n) is 3.91. The molecule has 1 amide bonds. The quantitative estimate of drug-likeness (QED) is 0.669. The maximum Gasteiger partial charge on any atom is 0.255 e. The number of nitrogens with one attached hydrogen (secondary N) is 2. The molecule has 0 saturated heterocycles. The van der Waals surface area contributed by atoms with Crippen molar-refractivity contribution in [2.45, 2.75) is 18.8 Å². The lowest BCUT2D eigenvalue weighted by atomic mass is 10.0. The fraction of sp³-hybridized carbons (Fsp3) is 0.143. The molecule has 134 valence electrons. The van der Waals surface area contributed by atoms with E-state index in [1.807, 2.05) is 48.5 Å². The van der Waals surface area contributed by atoms with Crippen LogP contribution in [0.15, 0.2) is 66.9 Å². The number of phenols is 1. The van der Waals surface area contributed by atoms with Crippen molar-refractivity contribution in [2.75, 3.05) is 10.6 Å². The number of anilines is 2. The van der Waals surface area contributed by atoms with Gasteiger partial charge < -0.3 is 20.6 Å². The van der Waals surface area contributed by atoms with Crippen LogP contribution in [0.25, 0.3) is 0 Å². The Hall–Kier alpha value is -3.54. The molecule has 0 fully saturated rings. The van der Waals surface area contributed by atoms with Crippen LogP contribution < -0.4 is 10.6 Å². The van der Waals surface area contributed by atoms with Gasteiger partial charge in [-0.05, 0) is 29.8 Å². The third kappa shape index (κ3) is 2.49. The topological polar surface area (TPSA) is 77.5 Å². The molecular formula is C21H18N4O2. The number of carbonyl (C=O) groups is 1. The molecule has 2 aliphatic heterocycles. The summed E-state index contributed by atoms with van der Waals surface area (Å²) in [6, 6.07) is 18.2. The minimum Gasteiger partial charge on any atom is -0.508 e. The number of pyridine rings is 1. The molecule has 3 aromatic rings. The number of aromatic hydroxyl groups is 1. The second kappa shape index (κ2) is 6.02. The van der Waals surface area contributed by atoms with Crippen LogP contribution >= 0.6 is 0 Å². The van der Waals surface area contributed by atoms with E-state index in [2.05, 4.69) is 15.6 Å². The number of aromatic nitrogens is 1. The first-order valence-corrected chi connectivity index (χ1v) is 8.87. The number of fused-ring (bicyclic) bond motifs is 2. The molecule has 6 nitrogen and oxygen atoms in total. The van der Waals surface area contributed by atoms with Gasteiger partial charge in [0.15, 0.2) is 5.82 Å². The molecular weight excluding hydrogens is 340 g/mol. The van der Waals surface area contributed by atoms with Crippen molar-refractivity contribution in [1.29, 1.82) is 0 Å². The van der Waals surface area contributed by atoms with Crippen LogP contribution in [0.2, 0.25) is 0 Å². The lowest BCUT2D eigenvalue weighted by Gasteiger charge is -2.33. The summed E-state index contributed by atoms with van der Waals surface area (Å²) in [6.07, 6.45) is 1.42. The summed E-state index contributed by atoms with van der Waals surface area (Å²) in [7, 11) is 0. The number of benzene rings is 2. The zero-order chi connectivity index (χ0) is 18.4. The van der Waals surface area contributed by atoms with Crippen LogP contribution in [-0.4, -0.2) is 27.1 Å². The van der Waals surface area contributed by atoms with E-state index < -0.39 is 6.04 Å². The maximum atomic E-state index is 13.1. The summed E-state index contributed by atoms with van der Waals surface area (Å²) in [6.45, 7) is 0.498. The summed E-state index contributed by atoms with van der Waals surface area (Å²) in [4.78, 5) is 19.3. The Balaban J connectivity index is 1.57. The van der Waals surface area contributed by atoms with Crippen molar-refractivity contribution < 1.29 is 9.90 Å². The third-order valence-corrected chi connectivity index (χ3v) is 5.17. The van der Waals surface area contributed by atoms with Gasteiger partial charge in [-0.3, -0.25) is 4.79 Å². The van der Waals surface area contributed by atoms with Crippen LogP contribution in [0, 0.1) is 0 Å². The van der Waals surface area contributed by atoms with Crippen LogP contribution in [0.4, 0.5) is 11.5 Å². The number of carbonyl (C=O) groups excluding carboxylic acids is 1. The Bertz CT molecular complexity index is 1010. The molecule has 1 aromatic heterocycles. The molecule has 5 rings (SSSR count). The van der Waals surface area contributed by atoms with Crippen LogP contribution in [0.5, 0.6) is 5.75 Å². The highest BCUT2D eigenvalue weighted by molar-refractivity contribution is 5.98. The predicted molar refractivity (Wildman–Crippen MR) is 102 cm³/mol. The van der Waals surface area contributed by atoms with Crippen molar-refractivity contribution in [2.24, 2.45) is 0 Å². The Morgan fingerprint density at radius 1 is 1.04 bits per heavy atom. The average Bonchev–Trinajstić information content (AvgIpc) is 3.26. The molecule has 3 N–H and O–H groups in total. The second-order valence-corrected chi connectivity index (χ2v) is 6.76. The van der Waals surface area contributed by atoms with E-state index in [4.69, 9.17) is 0 Å². The zero-order valence-electron chi connectivity index (χ0n) is 14.5. The first-order valence-electron chi connectivity index (χ1n) is 8.87. The number of hydrogen-bond acceptors (Lipinski definition) is 5. The molecule has 2 aliphatic rings. The van der Waals surface area contributed by atoms with Gasteiger partial charge in [-0.1, -0.05) is 36.4 Å². The van der Waals surface area contributed by atoms with Gasteiger partial charge in [-0.2, -0.15) is 0 Å². The molecule has 0 bridgehead atoms. The standard InChI is InChI=1S/C21H18N4O2/c26-17-10-4-3-8-15(17)18(20-23-16-9-5-11-22-19(16)24-20)25-12-13-6-1-2-7-14(13)21(25)27/h1-11,18,20,23,26H,12H2,(H,22,24). The largest absolute Gasteiger partial charge is 0.508 e. The lowest BCUT2D eigenvalue weighted by Crippen LogP contribution is -2.42. The Labute approximate surface area is 156 Å². The molecule has 2 atom stereocenters. The van der Waals surface area contributed by atoms with Gasteiger partial charge in [0, 0.05) is 23.9 Å². The monoisotopic (exact) mass is 358 g/mol. The van der Waals surface area contributed by atoms with E-state index in [1.54, 1.807) is 23.2 Å². The van der Waals surface area contributed by atoms with Gasteiger partial charge in [0.05, 0.1) is 11.7 Å². The van der Waals surface area contributed by atoms with Crippen molar-refractivity contribution in [3.8, 4) is 5.75 Å². The van der Waals surface area contributed by atoms with E-state index in [0.717, 1.165) is 17.1 Å². The normalized spacial score (nSPS) is 18.4. The molecule has 0 spiro atoms. The van der Waals surface area contributed by atoms with E-state index in [1.165, 1.54) is 0 Å². The number of para-hydroxylation sites is 1. The average molecular weight is 358 g/mol. The summed E-state index contributed by atoms with van der Waals surface area (Å²) in [5.74, 6) is 0.872. The summed E-state index contributed by atoms with van der Waals surface area (Å²) in [5.41, 5.74) is 3.28. The van der Waals surface area contributed by atoms with Gasteiger partial charge in [-0.15, -0.1) is 0 Å². The highest BCUT2D eigenvalue weighted by atomic mass is 16.3. The van der Waals surface area contributed by atoms with Gasteiger partial charge in [-0.25, -0.2) is 4.98 Å². The van der Waals surface area contributed by atoms with E-state index >= 15 is 0 Å². The van der Waals surface area contributed by atoms with Crippen molar-refractivity contribution in [1.82, 2.24) is 9.88 Å². The van der Waals surface area contributed by atoms with Gasteiger partial charge in [0.1, 0.15) is 11.9 Å². The zero-order valence-corrected chi connectivity index (χ0v) is 14.5. The molecule has 2 aromatic carbocycles. The number of phenolic OH excluding ortho intramolecular Hbond substituents is 1. The van der Waals surface area contributed by atoms with E-state index in [-0.39, 0.29) is 17.8 Å². The molecule has 2 unspecified atom stereocenters. The first kappa shape index (κ1) is 15.7. The van der Waals surface area contributed by atoms with Gasteiger partial charge in [0.2, 0.25) is 0 Å². The molecule has 3 heterocycles. The molecule has 27 heavy (non-hydrogen) atoms. The molecule has 0 saturated carbocycles. The third-order valence-electron chi connectivity index (χ3n) is 5.17. The summed E-state index contributed by atoms with van der Waals surface area (Å²) in [5, 5.41) is 17.3. The SMILES string of the molecule is O=C1c2ccccc2CN1C(c1ccccc1O)C1Nc2cccnc2N1. The Morgan fingerprint density at radius 3 is 2.67 bits per heavy atom. The maximum absolute atomic E-state index is 13.1. The number of nitrogens with zero attached hydrogens (tertiary/aromatic N) is 2. The molecule has 0 aliphatic carbocycles. The van der Waals surface area contributed by atoms with Gasteiger partial charge in [0.25, 0.3) is 5.91 Å². The highest BCUT2D eigenvalue weighted by Gasteiger charge is 2.40. The van der Waals surface area contributed by atoms with Gasteiger partial charge >= 0.3 is 0 Å². The fourth-order valence-corrected chi connectivity index (χ4v) is 3.91. The first-order chi connectivity index (χ1) is 13.2. The predicted octanol–water partition coefficient (Wildman–Crippen LogP) is 3.35. The number of amides is 1. The summed E-state index contributed by atoms with van der Waals surface area (Å²) >= 11 is 0. The van der Waals surface area contributed by atoms with Crippen molar-refractivity contribution in [3.63, 3.8) is 0 Å². The Morgan fingerprint density at radius 2 is 1.85 bits per heavy atom. The number of rotatable bonds is 3. The molecule has 6 heteroatoms. The van der Waals surface area contributed by atoms with Crippen LogP contribution in [0.3, 0.4) is 0 Å². The Kier molecular flexibility index (Phi) is 3.50. The van der Waals surface area contributed by atoms with Crippen molar-refractivity contribution >= 4 is 17.4 Å². The smallest absolute Gasteiger partial charge is 0.255 e. The lowest BCUT2D eigenvalue weighted by molar-refractivity contribution is 0.0687. The van der Waals surface area contributed by atoms with Crippen molar-refractivity contribution in [3.05, 3.63) is 83.6 Å². The number of hydrogen-bond donors (Lipinski definition) is 3. The minimum absolute atomic E-state index is 0.0358.